The highest BCUT2D eigenvalue weighted by atomic mass is 28.2. The number of hydrogen-bond acceptors (Lipinski definition) is 0. The molecule has 0 spiro atoms. The molecule has 0 aromatic heterocycles. The fourth-order valence-electron chi connectivity index (χ4n) is 3.83. The summed E-state index contributed by atoms with van der Waals surface area (Å²) in [6.07, 6.45) is 3.86. The van der Waals surface area contributed by atoms with Crippen molar-refractivity contribution >= 4 is 14.7 Å². The molecule has 0 nitrogen and oxygen atoms in total. The zero-order valence-corrected chi connectivity index (χ0v) is 16.6. The summed E-state index contributed by atoms with van der Waals surface area (Å²) in [5, 5.41) is 0.318. The van der Waals surface area contributed by atoms with Crippen molar-refractivity contribution in [1.82, 2.24) is 0 Å². The van der Waals surface area contributed by atoms with Crippen LogP contribution in [0.3, 0.4) is 0 Å². The van der Waals surface area contributed by atoms with Crippen molar-refractivity contribution in [3.05, 3.63) is 64.2 Å². The first-order chi connectivity index (χ1) is 12.4. The van der Waals surface area contributed by atoms with Crippen molar-refractivity contribution < 1.29 is 17.6 Å². The monoisotopic (exact) mass is 380 g/mol. The lowest BCUT2D eigenvalue weighted by Gasteiger charge is -2.27. The molecule has 0 aliphatic heterocycles. The minimum atomic E-state index is -1.28. The van der Waals surface area contributed by atoms with Gasteiger partial charge in [0.2, 0.25) is 0 Å². The fraction of sp³-hybridized carbons (Fsp3) is 0.429. The number of halogens is 4. The Morgan fingerprint density at radius 3 is 2.23 bits per heavy atom. The normalized spacial score (nSPS) is 20.8. The molecule has 2 aromatic carbocycles. The van der Waals surface area contributed by atoms with Crippen LogP contribution in [0.15, 0.2) is 24.3 Å². The molecular formula is C21H24F4Si. The van der Waals surface area contributed by atoms with Gasteiger partial charge in [-0.3, -0.25) is 0 Å². The molecule has 5 heteroatoms. The van der Waals surface area contributed by atoms with E-state index in [1.54, 1.807) is 18.2 Å². The molecule has 0 radical (unpaired) electrons. The van der Waals surface area contributed by atoms with Crippen LogP contribution >= 0.6 is 0 Å². The summed E-state index contributed by atoms with van der Waals surface area (Å²) in [4.78, 5) is 0. The molecule has 26 heavy (non-hydrogen) atoms. The molecule has 0 heterocycles. The number of hydrogen-bond donors (Lipinski definition) is 0. The van der Waals surface area contributed by atoms with Gasteiger partial charge in [0.25, 0.3) is 0 Å². The van der Waals surface area contributed by atoms with E-state index in [1.807, 2.05) is 0 Å². The van der Waals surface area contributed by atoms with Gasteiger partial charge in [-0.2, -0.15) is 0 Å². The highest BCUT2D eigenvalue weighted by molar-refractivity contribution is 6.53. The maximum Gasteiger partial charge on any atom is 0.162 e. The van der Waals surface area contributed by atoms with Crippen LogP contribution in [0.1, 0.15) is 55.2 Å². The Bertz CT molecular complexity index is 795. The van der Waals surface area contributed by atoms with Crippen LogP contribution in [0.2, 0.25) is 0 Å². The van der Waals surface area contributed by atoms with Crippen molar-refractivity contribution in [2.45, 2.75) is 51.5 Å². The molecule has 1 aliphatic carbocycles. The van der Waals surface area contributed by atoms with Gasteiger partial charge < -0.3 is 0 Å². The molecule has 1 fully saturated rings. The predicted molar refractivity (Wildman–Crippen MR) is 99.7 cm³/mol. The second kappa shape index (κ2) is 7.95. The predicted octanol–water partition coefficient (Wildman–Crippen LogP) is 4.84. The van der Waals surface area contributed by atoms with Gasteiger partial charge in [0.1, 0.15) is 0 Å². The topological polar surface area (TPSA) is 0 Å². The SMILES string of the molecule is Cc1ccc([SiH2]Cc2ccc(C3CCC(C)CC3)c(F)c2F)c(F)c1F. The van der Waals surface area contributed by atoms with E-state index >= 15 is 0 Å². The molecule has 1 saturated carbocycles. The molecule has 0 N–H and O–H groups in total. The Labute approximate surface area is 154 Å². The minimum absolute atomic E-state index is 0.0793. The highest BCUT2D eigenvalue weighted by Gasteiger charge is 2.24. The van der Waals surface area contributed by atoms with Crippen molar-refractivity contribution in [3.63, 3.8) is 0 Å². The average Bonchev–Trinajstić information content (AvgIpc) is 2.63. The van der Waals surface area contributed by atoms with E-state index in [0.717, 1.165) is 25.7 Å². The standard InChI is InChI=1S/C21H24F4Si/c1-12-3-6-14(7-4-12)16-9-8-15(19(23)20(16)24)11-26-17-10-5-13(2)18(22)21(17)25/h5,8-10,12,14H,3-4,6-7,11,26H2,1-2H3. The lowest BCUT2D eigenvalue weighted by molar-refractivity contribution is 0.339. The minimum Gasteiger partial charge on any atom is -0.204 e. The van der Waals surface area contributed by atoms with Gasteiger partial charge in [-0.25, -0.2) is 17.6 Å². The molecule has 0 atom stereocenters. The van der Waals surface area contributed by atoms with Gasteiger partial charge in [-0.1, -0.05) is 44.0 Å². The number of aryl methyl sites for hydroxylation is 1. The van der Waals surface area contributed by atoms with E-state index in [-0.39, 0.29) is 23.1 Å². The average molecular weight is 381 g/mol. The molecule has 1 aliphatic rings. The molecule has 0 unspecified atom stereocenters. The number of benzene rings is 2. The second-order valence-corrected chi connectivity index (χ2v) is 9.33. The molecule has 2 aromatic rings. The van der Waals surface area contributed by atoms with Crippen LogP contribution in [0.4, 0.5) is 17.6 Å². The maximum absolute atomic E-state index is 14.6. The Hall–Kier alpha value is -1.62. The van der Waals surface area contributed by atoms with E-state index < -0.39 is 32.8 Å². The van der Waals surface area contributed by atoms with Crippen LogP contribution in [-0.2, 0) is 6.04 Å². The van der Waals surface area contributed by atoms with Crippen LogP contribution in [0.5, 0.6) is 0 Å². The lowest BCUT2D eigenvalue weighted by atomic mass is 9.79. The summed E-state index contributed by atoms with van der Waals surface area (Å²) in [6, 6.07) is 6.68. The molecule has 0 bridgehead atoms. The van der Waals surface area contributed by atoms with Crippen LogP contribution in [-0.4, -0.2) is 9.52 Å². The highest BCUT2D eigenvalue weighted by Crippen LogP contribution is 2.37. The zero-order valence-electron chi connectivity index (χ0n) is 15.2. The summed E-state index contributed by atoms with van der Waals surface area (Å²) >= 11 is 0. The molecular weight excluding hydrogens is 356 g/mol. The first kappa shape index (κ1) is 19.1. The first-order valence-electron chi connectivity index (χ1n) is 9.28. The fourth-order valence-corrected chi connectivity index (χ4v) is 5.42. The van der Waals surface area contributed by atoms with Gasteiger partial charge in [-0.15, -0.1) is 0 Å². The van der Waals surface area contributed by atoms with Crippen molar-refractivity contribution in [1.29, 1.82) is 0 Å². The van der Waals surface area contributed by atoms with E-state index in [1.165, 1.54) is 13.0 Å². The molecule has 140 valence electrons. The maximum atomic E-state index is 14.6. The Morgan fingerprint density at radius 2 is 1.54 bits per heavy atom. The molecule has 0 amide bonds. The summed E-state index contributed by atoms with van der Waals surface area (Å²) in [5.41, 5.74) is 0.985. The lowest BCUT2D eigenvalue weighted by Crippen LogP contribution is -2.23. The third-order valence-electron chi connectivity index (χ3n) is 5.67. The largest absolute Gasteiger partial charge is 0.204 e. The van der Waals surface area contributed by atoms with E-state index in [9.17, 15) is 17.6 Å². The quantitative estimate of drug-likeness (QED) is 0.526. The van der Waals surface area contributed by atoms with Gasteiger partial charge in [0, 0.05) is 0 Å². The van der Waals surface area contributed by atoms with E-state index in [4.69, 9.17) is 0 Å². The third kappa shape index (κ3) is 3.87. The van der Waals surface area contributed by atoms with Gasteiger partial charge in [-0.05, 0) is 59.5 Å². The summed E-state index contributed by atoms with van der Waals surface area (Å²) < 4.78 is 56.7. The Balaban J connectivity index is 1.75. The van der Waals surface area contributed by atoms with Crippen LogP contribution < -0.4 is 5.19 Å². The molecule has 3 rings (SSSR count). The van der Waals surface area contributed by atoms with E-state index in [2.05, 4.69) is 6.92 Å². The summed E-state index contributed by atoms with van der Waals surface area (Å²) in [6.45, 7) is 3.69. The zero-order chi connectivity index (χ0) is 18.8. The van der Waals surface area contributed by atoms with Crippen LogP contribution in [0, 0.1) is 36.1 Å². The van der Waals surface area contributed by atoms with Gasteiger partial charge >= 0.3 is 0 Å². The van der Waals surface area contributed by atoms with Gasteiger partial charge in [0.15, 0.2) is 23.3 Å². The first-order valence-corrected chi connectivity index (χ1v) is 11.0. The van der Waals surface area contributed by atoms with Crippen molar-refractivity contribution in [2.75, 3.05) is 0 Å². The Morgan fingerprint density at radius 1 is 0.846 bits per heavy atom. The van der Waals surface area contributed by atoms with Crippen LogP contribution in [0.25, 0.3) is 0 Å². The third-order valence-corrected chi connectivity index (χ3v) is 7.54. The number of rotatable bonds is 4. The van der Waals surface area contributed by atoms with Gasteiger partial charge in [0.05, 0.1) is 9.52 Å². The van der Waals surface area contributed by atoms with Crippen molar-refractivity contribution in [3.8, 4) is 0 Å². The smallest absolute Gasteiger partial charge is 0.162 e. The summed E-state index contributed by atoms with van der Waals surface area (Å²) in [7, 11) is -1.28. The Kier molecular flexibility index (Phi) is 5.85. The molecule has 0 saturated heterocycles. The summed E-state index contributed by atoms with van der Waals surface area (Å²) in [5.74, 6) is -2.54. The second-order valence-electron chi connectivity index (χ2n) is 7.57. The van der Waals surface area contributed by atoms with Crippen molar-refractivity contribution in [2.24, 2.45) is 5.92 Å². The van der Waals surface area contributed by atoms with E-state index in [0.29, 0.717) is 16.7 Å².